The summed E-state index contributed by atoms with van der Waals surface area (Å²) >= 11 is 1.55. The molecule has 1 amide bonds. The summed E-state index contributed by atoms with van der Waals surface area (Å²) in [6, 6.07) is 1.88. The van der Waals surface area contributed by atoms with Crippen molar-refractivity contribution in [2.75, 3.05) is 6.54 Å². The van der Waals surface area contributed by atoms with E-state index in [1.807, 2.05) is 16.3 Å². The molecule has 1 aliphatic heterocycles. The van der Waals surface area contributed by atoms with E-state index in [9.17, 15) is 9.59 Å². The quantitative estimate of drug-likeness (QED) is 0.849. The lowest BCUT2D eigenvalue weighted by atomic mass is 10.2. The standard InChI is InChI=1S/C13H15NO3S/c1-9-6-12(15)14(7-9)8-11-10(4-5-18-11)2-3-13(16)17/h2-5,9H,6-8H2,1H3,(H,16,17). The monoisotopic (exact) mass is 265 g/mol. The average molecular weight is 265 g/mol. The van der Waals surface area contributed by atoms with Crippen LogP contribution in [0.4, 0.5) is 0 Å². The predicted molar refractivity (Wildman–Crippen MR) is 70.2 cm³/mol. The lowest BCUT2D eigenvalue weighted by Crippen LogP contribution is -2.24. The lowest BCUT2D eigenvalue weighted by molar-refractivity contribution is -0.131. The van der Waals surface area contributed by atoms with Crippen molar-refractivity contribution in [2.24, 2.45) is 5.92 Å². The zero-order valence-electron chi connectivity index (χ0n) is 10.1. The number of amides is 1. The van der Waals surface area contributed by atoms with Crippen molar-refractivity contribution in [3.8, 4) is 0 Å². The molecule has 2 rings (SSSR count). The summed E-state index contributed by atoms with van der Waals surface area (Å²) < 4.78 is 0. The zero-order chi connectivity index (χ0) is 13.1. The Bertz CT molecular complexity index is 492. The van der Waals surface area contributed by atoms with Gasteiger partial charge in [-0.3, -0.25) is 4.79 Å². The first-order chi connectivity index (χ1) is 8.56. The van der Waals surface area contributed by atoms with Gasteiger partial charge in [0.2, 0.25) is 5.91 Å². The van der Waals surface area contributed by atoms with Gasteiger partial charge in [0.1, 0.15) is 0 Å². The molecule has 0 saturated carbocycles. The second-order valence-electron chi connectivity index (χ2n) is 4.55. The summed E-state index contributed by atoms with van der Waals surface area (Å²) in [4.78, 5) is 25.1. The van der Waals surface area contributed by atoms with Crippen LogP contribution in [0.15, 0.2) is 17.5 Å². The number of hydrogen-bond donors (Lipinski definition) is 1. The second-order valence-corrected chi connectivity index (χ2v) is 5.55. The van der Waals surface area contributed by atoms with Gasteiger partial charge >= 0.3 is 5.97 Å². The first kappa shape index (κ1) is 12.8. The van der Waals surface area contributed by atoms with Crippen LogP contribution in [0.3, 0.4) is 0 Å². The fourth-order valence-corrected chi connectivity index (χ4v) is 2.97. The molecule has 1 fully saturated rings. The number of aliphatic carboxylic acids is 1. The van der Waals surface area contributed by atoms with Crippen molar-refractivity contribution < 1.29 is 14.7 Å². The third-order valence-electron chi connectivity index (χ3n) is 2.93. The Kier molecular flexibility index (Phi) is 3.81. The Balaban J connectivity index is 2.08. The van der Waals surface area contributed by atoms with Gasteiger partial charge in [0.25, 0.3) is 0 Å². The molecule has 1 aromatic heterocycles. The highest BCUT2D eigenvalue weighted by Gasteiger charge is 2.26. The summed E-state index contributed by atoms with van der Waals surface area (Å²) in [6.45, 7) is 3.44. The first-order valence-electron chi connectivity index (χ1n) is 5.81. The van der Waals surface area contributed by atoms with Crippen molar-refractivity contribution in [3.63, 3.8) is 0 Å². The molecule has 4 nitrogen and oxygen atoms in total. The van der Waals surface area contributed by atoms with E-state index in [1.165, 1.54) is 0 Å². The number of hydrogen-bond acceptors (Lipinski definition) is 3. The van der Waals surface area contributed by atoms with Crippen LogP contribution < -0.4 is 0 Å². The Morgan fingerprint density at radius 2 is 2.44 bits per heavy atom. The highest BCUT2D eigenvalue weighted by Crippen LogP contribution is 2.24. The van der Waals surface area contributed by atoms with Gasteiger partial charge in [-0.25, -0.2) is 4.79 Å². The van der Waals surface area contributed by atoms with Gasteiger partial charge in [-0.05, 0) is 29.0 Å². The van der Waals surface area contributed by atoms with Gasteiger partial charge in [-0.15, -0.1) is 11.3 Å². The van der Waals surface area contributed by atoms with Crippen molar-refractivity contribution in [1.29, 1.82) is 0 Å². The molecular formula is C13H15NO3S. The summed E-state index contributed by atoms with van der Waals surface area (Å²) in [5.41, 5.74) is 0.884. The second kappa shape index (κ2) is 5.35. The van der Waals surface area contributed by atoms with Crippen LogP contribution in [0.5, 0.6) is 0 Å². The van der Waals surface area contributed by atoms with E-state index in [2.05, 4.69) is 6.92 Å². The number of carbonyl (C=O) groups is 2. The number of rotatable bonds is 4. The Labute approximate surface area is 110 Å². The molecule has 1 unspecified atom stereocenters. The number of likely N-dealkylation sites (tertiary alicyclic amines) is 1. The first-order valence-corrected chi connectivity index (χ1v) is 6.69. The number of carbonyl (C=O) groups excluding carboxylic acids is 1. The van der Waals surface area contributed by atoms with Crippen LogP contribution in [-0.2, 0) is 16.1 Å². The van der Waals surface area contributed by atoms with Crippen molar-refractivity contribution >= 4 is 29.3 Å². The third-order valence-corrected chi connectivity index (χ3v) is 3.85. The normalized spacial score (nSPS) is 19.9. The number of carboxylic acid groups (broad SMARTS) is 1. The fourth-order valence-electron chi connectivity index (χ4n) is 2.08. The Morgan fingerprint density at radius 3 is 3.06 bits per heavy atom. The van der Waals surface area contributed by atoms with E-state index in [1.54, 1.807) is 17.4 Å². The highest BCUT2D eigenvalue weighted by atomic mass is 32.1. The van der Waals surface area contributed by atoms with E-state index in [0.717, 1.165) is 23.1 Å². The average Bonchev–Trinajstić information content (AvgIpc) is 2.84. The van der Waals surface area contributed by atoms with Gasteiger partial charge in [-0.2, -0.15) is 0 Å². The minimum atomic E-state index is -0.960. The van der Waals surface area contributed by atoms with Gasteiger partial charge in [-0.1, -0.05) is 6.92 Å². The van der Waals surface area contributed by atoms with E-state index in [0.29, 0.717) is 18.9 Å². The summed E-state index contributed by atoms with van der Waals surface area (Å²) in [7, 11) is 0. The zero-order valence-corrected chi connectivity index (χ0v) is 10.9. The fraction of sp³-hybridized carbons (Fsp3) is 0.385. The minimum absolute atomic E-state index is 0.184. The largest absolute Gasteiger partial charge is 0.478 e. The van der Waals surface area contributed by atoms with Crippen LogP contribution in [-0.4, -0.2) is 28.4 Å². The van der Waals surface area contributed by atoms with Crippen LogP contribution in [0, 0.1) is 5.92 Å². The molecule has 1 saturated heterocycles. The smallest absolute Gasteiger partial charge is 0.328 e. The minimum Gasteiger partial charge on any atom is -0.478 e. The Hall–Kier alpha value is -1.62. The van der Waals surface area contributed by atoms with Gasteiger partial charge in [0, 0.05) is 23.9 Å². The maximum atomic E-state index is 11.7. The molecule has 1 atom stereocenters. The van der Waals surface area contributed by atoms with Crippen LogP contribution in [0.2, 0.25) is 0 Å². The van der Waals surface area contributed by atoms with Crippen molar-refractivity contribution in [1.82, 2.24) is 4.90 Å². The van der Waals surface area contributed by atoms with Crippen LogP contribution >= 0.6 is 11.3 Å². The number of nitrogens with zero attached hydrogens (tertiary/aromatic N) is 1. The van der Waals surface area contributed by atoms with E-state index >= 15 is 0 Å². The summed E-state index contributed by atoms with van der Waals surface area (Å²) in [5.74, 6) is -0.363. The molecule has 0 bridgehead atoms. The molecule has 1 aromatic rings. The molecule has 0 aromatic carbocycles. The maximum absolute atomic E-state index is 11.7. The molecule has 96 valence electrons. The SMILES string of the molecule is CC1CC(=O)N(Cc2sccc2C=CC(=O)O)C1. The van der Waals surface area contributed by atoms with E-state index in [4.69, 9.17) is 5.11 Å². The van der Waals surface area contributed by atoms with E-state index in [-0.39, 0.29) is 5.91 Å². The molecule has 18 heavy (non-hydrogen) atoms. The van der Waals surface area contributed by atoms with Gasteiger partial charge in [0.05, 0.1) is 6.54 Å². The molecule has 1 aliphatic rings. The predicted octanol–water partition coefficient (Wildman–Crippen LogP) is 2.21. The molecule has 5 heteroatoms. The lowest BCUT2D eigenvalue weighted by Gasteiger charge is -2.15. The Morgan fingerprint density at radius 1 is 1.67 bits per heavy atom. The molecule has 0 radical (unpaired) electrons. The van der Waals surface area contributed by atoms with E-state index < -0.39 is 5.97 Å². The van der Waals surface area contributed by atoms with Crippen molar-refractivity contribution in [3.05, 3.63) is 28.0 Å². The molecule has 1 N–H and O–H groups in total. The van der Waals surface area contributed by atoms with Crippen LogP contribution in [0.25, 0.3) is 6.08 Å². The summed E-state index contributed by atoms with van der Waals surface area (Å²) in [5, 5.41) is 10.5. The molecular weight excluding hydrogens is 250 g/mol. The van der Waals surface area contributed by atoms with Crippen molar-refractivity contribution in [2.45, 2.75) is 19.9 Å². The molecule has 2 heterocycles. The maximum Gasteiger partial charge on any atom is 0.328 e. The molecule has 0 spiro atoms. The van der Waals surface area contributed by atoms with Gasteiger partial charge < -0.3 is 10.0 Å². The topological polar surface area (TPSA) is 57.6 Å². The van der Waals surface area contributed by atoms with Crippen LogP contribution in [0.1, 0.15) is 23.8 Å². The molecule has 0 aliphatic carbocycles. The highest BCUT2D eigenvalue weighted by molar-refractivity contribution is 7.10. The number of carboxylic acids is 1. The van der Waals surface area contributed by atoms with Gasteiger partial charge in [0.15, 0.2) is 0 Å². The third kappa shape index (κ3) is 2.98. The number of thiophene rings is 1. The summed E-state index contributed by atoms with van der Waals surface area (Å²) in [6.07, 6.45) is 3.32.